The van der Waals surface area contributed by atoms with Gasteiger partial charge in [0.2, 0.25) is 0 Å². The highest BCUT2D eigenvalue weighted by Gasteiger charge is 2.10. The third kappa shape index (κ3) is 4.96. The molecule has 0 atom stereocenters. The minimum absolute atomic E-state index is 0.842. The first-order valence-corrected chi connectivity index (χ1v) is 8.30. The van der Waals surface area contributed by atoms with Crippen molar-refractivity contribution in [3.05, 3.63) is 24.3 Å². The Balaban J connectivity index is 1.74. The lowest BCUT2D eigenvalue weighted by atomic mass is 10.2. The van der Waals surface area contributed by atoms with Gasteiger partial charge in [-0.15, -0.1) is 0 Å². The number of nitrogens with one attached hydrogen (secondary N) is 1. The second kappa shape index (κ2) is 8.33. The second-order valence-corrected chi connectivity index (χ2v) is 6.02. The van der Waals surface area contributed by atoms with Crippen LogP contribution in [0, 0.1) is 0 Å². The number of benzene rings is 1. The average molecular weight is 280 g/mol. The maximum Gasteiger partial charge on any atom is 0.0642 e. The van der Waals surface area contributed by atoms with E-state index in [1.807, 2.05) is 11.8 Å². The molecule has 1 aromatic rings. The monoisotopic (exact) mass is 280 g/mol. The number of ether oxygens (including phenoxy) is 1. The molecule has 1 N–H and O–H groups in total. The van der Waals surface area contributed by atoms with Crippen LogP contribution in [0.1, 0.15) is 13.3 Å². The Labute approximate surface area is 120 Å². The lowest BCUT2D eigenvalue weighted by Gasteiger charge is -2.28. The van der Waals surface area contributed by atoms with Crippen molar-refractivity contribution in [2.45, 2.75) is 13.3 Å². The molecule has 1 aromatic carbocycles. The fourth-order valence-electron chi connectivity index (χ4n) is 2.16. The molecule has 1 fully saturated rings. The summed E-state index contributed by atoms with van der Waals surface area (Å²) in [5, 5.41) is 3.48. The van der Waals surface area contributed by atoms with Crippen LogP contribution >= 0.6 is 11.8 Å². The molecule has 1 aliphatic heterocycles. The van der Waals surface area contributed by atoms with Gasteiger partial charge in [0.1, 0.15) is 0 Å². The first kappa shape index (κ1) is 14.5. The van der Waals surface area contributed by atoms with Crippen molar-refractivity contribution in [3.8, 4) is 0 Å². The quantitative estimate of drug-likeness (QED) is 0.776. The summed E-state index contributed by atoms with van der Waals surface area (Å²) in [6.45, 7) is 6.96. The highest BCUT2D eigenvalue weighted by Crippen LogP contribution is 2.19. The molecular formula is C15H24N2OS. The molecule has 1 heterocycles. The summed E-state index contributed by atoms with van der Waals surface area (Å²) in [4.78, 5) is 2.38. The molecule has 4 heteroatoms. The molecule has 0 amide bonds. The van der Waals surface area contributed by atoms with E-state index < -0.39 is 0 Å². The summed E-state index contributed by atoms with van der Waals surface area (Å²) in [7, 11) is 0. The van der Waals surface area contributed by atoms with E-state index in [4.69, 9.17) is 4.74 Å². The van der Waals surface area contributed by atoms with Crippen LogP contribution in [0.15, 0.2) is 24.3 Å². The Morgan fingerprint density at radius 1 is 1.21 bits per heavy atom. The zero-order valence-corrected chi connectivity index (χ0v) is 12.5. The Kier molecular flexibility index (Phi) is 6.37. The van der Waals surface area contributed by atoms with Crippen LogP contribution in [0.4, 0.5) is 11.4 Å². The molecule has 0 bridgehead atoms. The van der Waals surface area contributed by atoms with E-state index >= 15 is 0 Å². The lowest BCUT2D eigenvalue weighted by Crippen LogP contribution is -2.36. The summed E-state index contributed by atoms with van der Waals surface area (Å²) in [6, 6.07) is 8.76. The number of thioether (sulfide) groups is 1. The predicted molar refractivity (Wildman–Crippen MR) is 85.6 cm³/mol. The van der Waals surface area contributed by atoms with Gasteiger partial charge in [-0.25, -0.2) is 0 Å². The smallest absolute Gasteiger partial charge is 0.0642 e. The van der Waals surface area contributed by atoms with E-state index in [1.54, 1.807) is 0 Å². The van der Waals surface area contributed by atoms with Crippen LogP contribution in [0.3, 0.4) is 0 Å². The van der Waals surface area contributed by atoms with Crippen LogP contribution in [0.25, 0.3) is 0 Å². The third-order valence-electron chi connectivity index (χ3n) is 3.24. The summed E-state index contributed by atoms with van der Waals surface area (Å²) in [5.41, 5.74) is 2.52. The van der Waals surface area contributed by atoms with E-state index in [0.717, 1.165) is 32.8 Å². The van der Waals surface area contributed by atoms with Crippen molar-refractivity contribution in [3.63, 3.8) is 0 Å². The molecule has 3 nitrogen and oxygen atoms in total. The molecule has 0 unspecified atom stereocenters. The van der Waals surface area contributed by atoms with Gasteiger partial charge < -0.3 is 15.0 Å². The summed E-state index contributed by atoms with van der Waals surface area (Å²) >= 11 is 2.01. The SMILES string of the molecule is CCSCCCNc1ccc(N2CCOCC2)cc1. The Hall–Kier alpha value is -0.870. The Bertz CT molecular complexity index is 350. The minimum Gasteiger partial charge on any atom is -0.385 e. The zero-order chi connectivity index (χ0) is 13.3. The van der Waals surface area contributed by atoms with E-state index in [2.05, 4.69) is 41.4 Å². The van der Waals surface area contributed by atoms with Gasteiger partial charge in [-0.05, 0) is 42.2 Å². The van der Waals surface area contributed by atoms with Crippen molar-refractivity contribution in [2.24, 2.45) is 0 Å². The highest BCUT2D eigenvalue weighted by atomic mass is 32.2. The fourth-order valence-corrected chi connectivity index (χ4v) is 2.80. The molecule has 2 rings (SSSR count). The van der Waals surface area contributed by atoms with Gasteiger partial charge in [-0.1, -0.05) is 6.92 Å². The molecule has 0 aromatic heterocycles. The summed E-state index contributed by atoms with van der Waals surface area (Å²) in [5.74, 6) is 2.46. The predicted octanol–water partition coefficient (Wildman–Crippen LogP) is 3.08. The molecule has 0 saturated carbocycles. The van der Waals surface area contributed by atoms with Crippen LogP contribution in [-0.4, -0.2) is 44.4 Å². The van der Waals surface area contributed by atoms with Crippen LogP contribution in [0.5, 0.6) is 0 Å². The largest absolute Gasteiger partial charge is 0.385 e. The molecule has 0 radical (unpaired) electrons. The van der Waals surface area contributed by atoms with Crippen molar-refractivity contribution in [2.75, 3.05) is 54.6 Å². The molecule has 19 heavy (non-hydrogen) atoms. The molecule has 0 spiro atoms. The van der Waals surface area contributed by atoms with Crippen molar-refractivity contribution < 1.29 is 4.74 Å². The minimum atomic E-state index is 0.842. The molecule has 0 aliphatic carbocycles. The Morgan fingerprint density at radius 3 is 2.63 bits per heavy atom. The van der Waals surface area contributed by atoms with Gasteiger partial charge in [-0.3, -0.25) is 0 Å². The molecule has 1 saturated heterocycles. The first-order valence-electron chi connectivity index (χ1n) is 7.14. The van der Waals surface area contributed by atoms with Crippen molar-refractivity contribution >= 4 is 23.1 Å². The second-order valence-electron chi connectivity index (χ2n) is 4.62. The molecule has 1 aliphatic rings. The summed E-state index contributed by atoms with van der Waals surface area (Å²) < 4.78 is 5.37. The van der Waals surface area contributed by atoms with E-state index in [1.165, 1.54) is 29.3 Å². The Morgan fingerprint density at radius 2 is 1.95 bits per heavy atom. The fraction of sp³-hybridized carbons (Fsp3) is 0.600. The number of anilines is 2. The van der Waals surface area contributed by atoms with E-state index in [-0.39, 0.29) is 0 Å². The van der Waals surface area contributed by atoms with Gasteiger partial charge in [0.25, 0.3) is 0 Å². The van der Waals surface area contributed by atoms with Gasteiger partial charge >= 0.3 is 0 Å². The first-order chi connectivity index (χ1) is 9.40. The topological polar surface area (TPSA) is 24.5 Å². The standard InChI is InChI=1S/C15H24N2OS/c1-2-19-13-3-8-16-14-4-6-15(7-5-14)17-9-11-18-12-10-17/h4-7,16H,2-3,8-13H2,1H3. The average Bonchev–Trinajstić information content (AvgIpc) is 2.49. The highest BCUT2D eigenvalue weighted by molar-refractivity contribution is 7.99. The van der Waals surface area contributed by atoms with Gasteiger partial charge in [-0.2, -0.15) is 11.8 Å². The van der Waals surface area contributed by atoms with Crippen molar-refractivity contribution in [1.82, 2.24) is 0 Å². The number of hydrogen-bond donors (Lipinski definition) is 1. The van der Waals surface area contributed by atoms with Gasteiger partial charge in [0.15, 0.2) is 0 Å². The van der Waals surface area contributed by atoms with E-state index in [0.29, 0.717) is 0 Å². The van der Waals surface area contributed by atoms with E-state index in [9.17, 15) is 0 Å². The van der Waals surface area contributed by atoms with Crippen LogP contribution in [0.2, 0.25) is 0 Å². The van der Waals surface area contributed by atoms with Crippen molar-refractivity contribution in [1.29, 1.82) is 0 Å². The normalized spacial score (nSPS) is 15.5. The molecular weight excluding hydrogens is 256 g/mol. The summed E-state index contributed by atoms with van der Waals surface area (Å²) in [6.07, 6.45) is 1.23. The third-order valence-corrected chi connectivity index (χ3v) is 4.23. The maximum atomic E-state index is 5.37. The van der Waals surface area contributed by atoms with Crippen LogP contribution in [-0.2, 0) is 4.74 Å². The lowest BCUT2D eigenvalue weighted by molar-refractivity contribution is 0.122. The number of nitrogens with zero attached hydrogens (tertiary/aromatic N) is 1. The van der Waals surface area contributed by atoms with Gasteiger partial charge in [0, 0.05) is 31.0 Å². The maximum absolute atomic E-state index is 5.37. The number of rotatable bonds is 7. The zero-order valence-electron chi connectivity index (χ0n) is 11.7. The molecule has 106 valence electrons. The van der Waals surface area contributed by atoms with Gasteiger partial charge in [0.05, 0.1) is 13.2 Å². The number of hydrogen-bond acceptors (Lipinski definition) is 4. The number of morpholine rings is 1. The van der Waals surface area contributed by atoms with Crippen LogP contribution < -0.4 is 10.2 Å².